The Kier molecular flexibility index (Phi) is 7.08. The SMILES string of the molecule is COC1(C(=O)N[C@@H](C)c2ccc(-n3cc(F)cn3)nc2)CCC(c2cc3c(c(Nc4cc(C)[nH]n4)n2)C=NC3)CC1. The zero-order valence-corrected chi connectivity index (χ0v) is 23.2. The Hall–Kier alpha value is -4.45. The van der Waals surface area contributed by atoms with E-state index in [1.165, 1.54) is 10.9 Å². The molecule has 3 N–H and O–H groups in total. The van der Waals surface area contributed by atoms with E-state index in [4.69, 9.17) is 9.72 Å². The van der Waals surface area contributed by atoms with Gasteiger partial charge in [-0.1, -0.05) is 6.07 Å². The summed E-state index contributed by atoms with van der Waals surface area (Å²) in [7, 11) is 1.60. The number of aromatic nitrogens is 6. The minimum absolute atomic E-state index is 0.143. The lowest BCUT2D eigenvalue weighted by molar-refractivity contribution is -0.148. The molecule has 4 aromatic heterocycles. The molecule has 12 heteroatoms. The zero-order chi connectivity index (χ0) is 28.6. The average molecular weight is 558 g/mol. The van der Waals surface area contributed by atoms with E-state index < -0.39 is 11.4 Å². The normalized spacial score (nSPS) is 20.5. The molecular formula is C29H32FN9O2. The van der Waals surface area contributed by atoms with Gasteiger partial charge in [-0.3, -0.25) is 14.9 Å². The summed E-state index contributed by atoms with van der Waals surface area (Å²) < 4.78 is 20.5. The summed E-state index contributed by atoms with van der Waals surface area (Å²) in [5.74, 6) is 1.57. The summed E-state index contributed by atoms with van der Waals surface area (Å²) in [5.41, 5.74) is 3.99. The van der Waals surface area contributed by atoms with Gasteiger partial charge in [-0.15, -0.1) is 0 Å². The molecule has 0 saturated heterocycles. The van der Waals surface area contributed by atoms with Crippen LogP contribution < -0.4 is 10.6 Å². The minimum atomic E-state index is -0.918. The van der Waals surface area contributed by atoms with Gasteiger partial charge in [-0.05, 0) is 62.8 Å². The van der Waals surface area contributed by atoms with Crippen molar-refractivity contribution in [2.45, 2.75) is 63.6 Å². The third-order valence-electron chi connectivity index (χ3n) is 8.02. The topological polar surface area (TPSA) is 135 Å². The number of aromatic amines is 1. The van der Waals surface area contributed by atoms with Gasteiger partial charge in [-0.2, -0.15) is 10.2 Å². The Labute approximate surface area is 236 Å². The van der Waals surface area contributed by atoms with Crippen LogP contribution in [0, 0.1) is 12.7 Å². The van der Waals surface area contributed by atoms with Crippen molar-refractivity contribution in [1.29, 1.82) is 0 Å². The first kappa shape index (κ1) is 26.8. The maximum Gasteiger partial charge on any atom is 0.252 e. The second kappa shape index (κ2) is 10.8. The van der Waals surface area contributed by atoms with Crippen LogP contribution in [0.3, 0.4) is 0 Å². The number of nitrogens with one attached hydrogen (secondary N) is 3. The minimum Gasteiger partial charge on any atom is -0.368 e. The second-order valence-corrected chi connectivity index (χ2v) is 10.7. The van der Waals surface area contributed by atoms with E-state index in [1.807, 2.05) is 32.2 Å². The number of hydrogen-bond acceptors (Lipinski definition) is 8. The lowest BCUT2D eigenvalue weighted by atomic mass is 9.76. The molecule has 4 aromatic rings. The van der Waals surface area contributed by atoms with Crippen LogP contribution in [0.4, 0.5) is 16.0 Å². The molecule has 0 spiro atoms. The molecule has 0 aromatic carbocycles. The van der Waals surface area contributed by atoms with Crippen LogP contribution >= 0.6 is 0 Å². The van der Waals surface area contributed by atoms with E-state index in [9.17, 15) is 9.18 Å². The Balaban J connectivity index is 1.12. The Morgan fingerprint density at radius 2 is 2.07 bits per heavy atom. The van der Waals surface area contributed by atoms with Crippen LogP contribution in [-0.2, 0) is 16.1 Å². The number of aliphatic imine (C=N–C) groups is 1. The highest BCUT2D eigenvalue weighted by Crippen LogP contribution is 2.41. The number of anilines is 2. The number of H-pyrrole nitrogens is 1. The number of amides is 1. The zero-order valence-electron chi connectivity index (χ0n) is 23.2. The number of aryl methyl sites for hydroxylation is 1. The molecule has 41 heavy (non-hydrogen) atoms. The number of hydrogen-bond donors (Lipinski definition) is 3. The highest BCUT2D eigenvalue weighted by molar-refractivity contribution is 5.91. The summed E-state index contributed by atoms with van der Waals surface area (Å²) in [5, 5.41) is 17.6. The average Bonchev–Trinajstić information content (AvgIpc) is 3.74. The van der Waals surface area contributed by atoms with Crippen LogP contribution in [0.15, 0.2) is 47.8 Å². The predicted molar refractivity (Wildman–Crippen MR) is 151 cm³/mol. The Morgan fingerprint density at radius 1 is 1.24 bits per heavy atom. The van der Waals surface area contributed by atoms with Crippen LogP contribution in [0.2, 0.25) is 0 Å². The number of fused-ring (bicyclic) bond motifs is 1. The van der Waals surface area contributed by atoms with E-state index in [2.05, 4.69) is 42.0 Å². The molecule has 0 radical (unpaired) electrons. The van der Waals surface area contributed by atoms with E-state index in [0.29, 0.717) is 31.0 Å². The van der Waals surface area contributed by atoms with E-state index >= 15 is 0 Å². The second-order valence-electron chi connectivity index (χ2n) is 10.7. The van der Waals surface area contributed by atoms with Gasteiger partial charge in [0.2, 0.25) is 0 Å². The lowest BCUT2D eigenvalue weighted by Gasteiger charge is -2.38. The highest BCUT2D eigenvalue weighted by atomic mass is 19.1. The first-order chi connectivity index (χ1) is 19.8. The number of pyridine rings is 2. The van der Waals surface area contributed by atoms with Crippen molar-refractivity contribution < 1.29 is 13.9 Å². The summed E-state index contributed by atoms with van der Waals surface area (Å²) in [6.07, 6.45) is 8.59. The van der Waals surface area contributed by atoms with Crippen molar-refractivity contribution in [3.05, 3.63) is 76.8 Å². The number of carbonyl (C=O) groups excluding carboxylic acids is 1. The third kappa shape index (κ3) is 5.34. The van der Waals surface area contributed by atoms with Crippen molar-refractivity contribution >= 4 is 23.8 Å². The number of carbonyl (C=O) groups is 1. The molecule has 1 aliphatic carbocycles. The number of ether oxygens (including phenoxy) is 1. The van der Waals surface area contributed by atoms with E-state index in [0.717, 1.165) is 52.9 Å². The van der Waals surface area contributed by atoms with Crippen LogP contribution in [0.1, 0.15) is 72.6 Å². The van der Waals surface area contributed by atoms with Crippen LogP contribution in [0.5, 0.6) is 0 Å². The standard InChI is InChI=1S/C29H32FN9O2/c1-17-10-25(38-37-17)36-27-23-15-31-12-21(23)11-24(35-27)19-6-8-29(41-3,9-7-19)28(40)34-18(2)20-4-5-26(32-13-20)39-16-22(30)14-33-39/h4-5,10-11,13-16,18-19H,6-9,12H2,1-3H3,(H,34,40)(H2,35,36,37,38)/t18-,19?,29?/m0/s1. The van der Waals surface area contributed by atoms with Gasteiger partial charge in [0.05, 0.1) is 25.0 Å². The first-order valence-electron chi connectivity index (χ1n) is 13.7. The maximum absolute atomic E-state index is 13.5. The van der Waals surface area contributed by atoms with Gasteiger partial charge in [-0.25, -0.2) is 19.0 Å². The molecule has 6 rings (SSSR count). The first-order valence-corrected chi connectivity index (χ1v) is 13.7. The van der Waals surface area contributed by atoms with Gasteiger partial charge in [0.1, 0.15) is 11.4 Å². The van der Waals surface area contributed by atoms with Gasteiger partial charge in [0.15, 0.2) is 17.5 Å². The van der Waals surface area contributed by atoms with E-state index in [-0.39, 0.29) is 17.9 Å². The Bertz CT molecular complexity index is 1590. The number of nitrogens with zero attached hydrogens (tertiary/aromatic N) is 6. The van der Waals surface area contributed by atoms with Gasteiger partial charge >= 0.3 is 0 Å². The quantitative estimate of drug-likeness (QED) is 0.292. The largest absolute Gasteiger partial charge is 0.368 e. The van der Waals surface area contributed by atoms with Crippen molar-refractivity contribution in [2.24, 2.45) is 4.99 Å². The van der Waals surface area contributed by atoms with E-state index in [1.54, 1.807) is 19.4 Å². The molecular weight excluding hydrogens is 525 g/mol. The molecule has 212 valence electrons. The van der Waals surface area contributed by atoms with Crippen molar-refractivity contribution in [3.8, 4) is 5.82 Å². The molecule has 1 fully saturated rings. The molecule has 2 aliphatic rings. The fraction of sp³-hybridized carbons (Fsp3) is 0.379. The molecule has 11 nitrogen and oxygen atoms in total. The molecule has 1 aliphatic heterocycles. The molecule has 1 atom stereocenters. The molecule has 5 heterocycles. The van der Waals surface area contributed by atoms with Crippen molar-refractivity contribution in [2.75, 3.05) is 12.4 Å². The summed E-state index contributed by atoms with van der Waals surface area (Å²) in [6.45, 7) is 4.49. The number of rotatable bonds is 8. The fourth-order valence-corrected chi connectivity index (χ4v) is 5.58. The maximum atomic E-state index is 13.5. The lowest BCUT2D eigenvalue weighted by Crippen LogP contribution is -2.50. The smallest absolute Gasteiger partial charge is 0.252 e. The van der Waals surface area contributed by atoms with Gasteiger partial charge in [0, 0.05) is 48.5 Å². The summed E-state index contributed by atoms with van der Waals surface area (Å²) in [6, 6.07) is 7.38. The highest BCUT2D eigenvalue weighted by Gasteiger charge is 2.43. The molecule has 1 amide bonds. The molecule has 1 saturated carbocycles. The monoisotopic (exact) mass is 557 g/mol. The van der Waals surface area contributed by atoms with Crippen molar-refractivity contribution in [1.82, 2.24) is 35.3 Å². The fourth-order valence-electron chi connectivity index (χ4n) is 5.58. The number of methoxy groups -OCH3 is 1. The molecule has 0 unspecified atom stereocenters. The third-order valence-corrected chi connectivity index (χ3v) is 8.02. The predicted octanol–water partition coefficient (Wildman–Crippen LogP) is 4.43. The van der Waals surface area contributed by atoms with Crippen LogP contribution in [-0.4, -0.2) is 54.8 Å². The van der Waals surface area contributed by atoms with Crippen molar-refractivity contribution in [3.63, 3.8) is 0 Å². The van der Waals surface area contributed by atoms with Crippen LogP contribution in [0.25, 0.3) is 5.82 Å². The Morgan fingerprint density at radius 3 is 2.73 bits per heavy atom. The number of halogens is 1. The van der Waals surface area contributed by atoms with Gasteiger partial charge in [0.25, 0.3) is 5.91 Å². The molecule has 0 bridgehead atoms. The summed E-state index contributed by atoms with van der Waals surface area (Å²) in [4.78, 5) is 27.3. The summed E-state index contributed by atoms with van der Waals surface area (Å²) >= 11 is 0. The van der Waals surface area contributed by atoms with Gasteiger partial charge < -0.3 is 15.4 Å².